The van der Waals surface area contributed by atoms with E-state index in [0.29, 0.717) is 0 Å². The van der Waals surface area contributed by atoms with E-state index in [1.54, 1.807) is 0 Å². The van der Waals surface area contributed by atoms with Crippen molar-refractivity contribution in [3.8, 4) is 0 Å². The largest absolute Gasteiger partial charge is 0.404 e. The number of rotatable bonds is 3. The fraction of sp³-hybridized carbons (Fsp3) is 0.917. The predicted octanol–water partition coefficient (Wildman–Crippen LogP) is -6.55. The zero-order valence-corrected chi connectivity index (χ0v) is 12.6. The molecule has 2 rings (SSSR count). The monoisotopic (exact) mass is 372 g/mol. The number of aliphatic hydroxyl groups excluding tert-OH is 8. The Morgan fingerprint density at radius 2 is 1.52 bits per heavy atom. The summed E-state index contributed by atoms with van der Waals surface area (Å²) in [6.45, 7) is -0.920. The van der Waals surface area contributed by atoms with E-state index in [-0.39, 0.29) is 0 Å². The van der Waals surface area contributed by atoms with Crippen LogP contribution in [0, 0.1) is 0 Å². The maximum Gasteiger partial charge on any atom is 0.357 e. The van der Waals surface area contributed by atoms with Gasteiger partial charge in [-0.1, -0.05) is 0 Å². The Balaban J connectivity index is 2.15. The first-order chi connectivity index (χ1) is 11.5. The highest BCUT2D eigenvalue weighted by molar-refractivity contribution is 5.76. The van der Waals surface area contributed by atoms with E-state index in [4.69, 9.17) is 5.11 Å². The number of aliphatic hydroxyl groups is 9. The maximum atomic E-state index is 12.0. The second-order valence-electron chi connectivity index (χ2n) is 5.74. The fourth-order valence-electron chi connectivity index (χ4n) is 2.47. The number of carbonyl (C=O) groups is 1. The zero-order valence-electron chi connectivity index (χ0n) is 12.6. The molecule has 2 saturated heterocycles. The molecule has 2 fully saturated rings. The van der Waals surface area contributed by atoms with E-state index < -0.39 is 73.7 Å². The first-order valence-electron chi connectivity index (χ1n) is 7.19. The van der Waals surface area contributed by atoms with Crippen molar-refractivity contribution in [1.82, 2.24) is 0 Å². The molecule has 2 heterocycles. The van der Waals surface area contributed by atoms with E-state index >= 15 is 0 Å². The van der Waals surface area contributed by atoms with Crippen molar-refractivity contribution in [2.45, 2.75) is 61.1 Å². The minimum absolute atomic E-state index is 0.920. The van der Waals surface area contributed by atoms with Crippen molar-refractivity contribution in [3.63, 3.8) is 0 Å². The highest BCUT2D eigenvalue weighted by atomic mass is 16.9. The lowest BCUT2D eigenvalue weighted by Crippen LogP contribution is -2.68. The van der Waals surface area contributed by atoms with Crippen molar-refractivity contribution in [1.29, 1.82) is 0 Å². The van der Waals surface area contributed by atoms with E-state index in [1.165, 1.54) is 0 Å². The molecule has 13 heteroatoms. The molecular weight excluding hydrogens is 352 g/mol. The van der Waals surface area contributed by atoms with Gasteiger partial charge in [-0.05, 0) is 0 Å². The molecule has 25 heavy (non-hydrogen) atoms. The molecule has 2 aliphatic rings. The molecular formula is C12H20O13. The smallest absolute Gasteiger partial charge is 0.357 e. The summed E-state index contributed by atoms with van der Waals surface area (Å²) < 4.78 is 13.7. The molecule has 9 N–H and O–H groups in total. The Bertz CT molecular complexity index is 486. The topological polar surface area (TPSA) is 227 Å². The summed E-state index contributed by atoms with van der Waals surface area (Å²) in [5, 5.41) is 86.0. The van der Waals surface area contributed by atoms with Crippen LogP contribution >= 0.6 is 0 Å². The molecule has 2 aliphatic heterocycles. The third-order valence-corrected chi connectivity index (χ3v) is 4.00. The molecule has 0 aromatic carbocycles. The Morgan fingerprint density at radius 1 is 0.920 bits per heavy atom. The average molecular weight is 372 g/mol. The van der Waals surface area contributed by atoms with Crippen LogP contribution in [-0.2, 0) is 19.0 Å². The highest BCUT2D eigenvalue weighted by Gasteiger charge is 2.57. The van der Waals surface area contributed by atoms with Crippen molar-refractivity contribution >= 4 is 5.97 Å². The van der Waals surface area contributed by atoms with Crippen LogP contribution in [0.15, 0.2) is 0 Å². The van der Waals surface area contributed by atoms with Gasteiger partial charge in [0.1, 0.15) is 36.6 Å². The number of carbonyl (C=O) groups excluding carboxylic acids is 1. The summed E-state index contributed by atoms with van der Waals surface area (Å²) in [6, 6.07) is 0. The Morgan fingerprint density at radius 3 is 2.08 bits per heavy atom. The molecule has 0 radical (unpaired) electrons. The van der Waals surface area contributed by atoms with Crippen LogP contribution in [-0.4, -0.2) is 120 Å². The van der Waals surface area contributed by atoms with Gasteiger partial charge in [0.05, 0.1) is 6.61 Å². The molecule has 13 nitrogen and oxygen atoms in total. The number of ether oxygens (including phenoxy) is 3. The number of hydrogen-bond acceptors (Lipinski definition) is 13. The summed E-state index contributed by atoms with van der Waals surface area (Å²) >= 11 is 0. The third kappa shape index (κ3) is 3.62. The second kappa shape index (κ2) is 7.34. The standard InChI is InChI=1S/C12H20O13/c13-1-2-3(14)6(17)9(19)12(22,24-2)25-11(21)8-5(16)4(15)7(18)10(20)23-8/h2-10,13-20,22H,1H2/t2-,3+,4?,5?,6+,7?,8?,9-,10?,12+/m1/s1. The Kier molecular flexibility index (Phi) is 5.97. The van der Waals surface area contributed by atoms with Gasteiger partial charge in [-0.25, -0.2) is 4.79 Å². The van der Waals surface area contributed by atoms with Crippen LogP contribution in [0.25, 0.3) is 0 Å². The fourth-order valence-corrected chi connectivity index (χ4v) is 2.47. The molecule has 146 valence electrons. The van der Waals surface area contributed by atoms with Crippen LogP contribution in [0.1, 0.15) is 0 Å². The van der Waals surface area contributed by atoms with Gasteiger partial charge in [-0.3, -0.25) is 0 Å². The molecule has 0 aliphatic carbocycles. The lowest BCUT2D eigenvalue weighted by molar-refractivity contribution is -0.437. The molecule has 0 amide bonds. The van der Waals surface area contributed by atoms with Gasteiger partial charge >= 0.3 is 11.9 Å². The molecule has 0 bridgehead atoms. The number of esters is 1. The van der Waals surface area contributed by atoms with E-state index in [0.717, 1.165) is 0 Å². The highest BCUT2D eigenvalue weighted by Crippen LogP contribution is 2.31. The van der Waals surface area contributed by atoms with Gasteiger partial charge in [0, 0.05) is 0 Å². The Labute approximate surface area is 139 Å². The van der Waals surface area contributed by atoms with Gasteiger partial charge < -0.3 is 60.2 Å². The molecule has 5 unspecified atom stereocenters. The van der Waals surface area contributed by atoms with Crippen molar-refractivity contribution in [2.75, 3.05) is 6.61 Å². The number of hydrogen-bond donors (Lipinski definition) is 9. The average Bonchev–Trinajstić information content (AvgIpc) is 2.57. The van der Waals surface area contributed by atoms with Gasteiger partial charge in [0.15, 0.2) is 18.5 Å². The summed E-state index contributed by atoms with van der Waals surface area (Å²) in [6.07, 6.45) is -18.0. The lowest BCUT2D eigenvalue weighted by Gasteiger charge is -2.44. The van der Waals surface area contributed by atoms with Gasteiger partial charge in [0.25, 0.3) is 0 Å². The van der Waals surface area contributed by atoms with E-state index in [2.05, 4.69) is 14.2 Å². The second-order valence-corrected chi connectivity index (χ2v) is 5.74. The minimum Gasteiger partial charge on any atom is -0.404 e. The molecule has 0 aromatic heterocycles. The van der Waals surface area contributed by atoms with Crippen LogP contribution in [0.2, 0.25) is 0 Å². The van der Waals surface area contributed by atoms with Gasteiger partial charge in [-0.2, -0.15) is 0 Å². The summed E-state index contributed by atoms with van der Waals surface area (Å²) in [4.78, 5) is 12.0. The van der Waals surface area contributed by atoms with Crippen molar-refractivity contribution < 1.29 is 65.0 Å². The van der Waals surface area contributed by atoms with Crippen molar-refractivity contribution in [3.05, 3.63) is 0 Å². The third-order valence-electron chi connectivity index (χ3n) is 4.00. The summed E-state index contributed by atoms with van der Waals surface area (Å²) in [7, 11) is 0. The SMILES string of the molecule is O=C(O[C@@]1(O)O[C@H](CO)[C@H](O)[C@H](O)[C@H]1O)C1OC(O)C(O)C(O)C1O. The first kappa shape index (κ1) is 20.3. The normalized spacial score (nSPS) is 51.2. The zero-order chi connectivity index (χ0) is 19.1. The molecule has 0 aromatic rings. The van der Waals surface area contributed by atoms with E-state index in [1.807, 2.05) is 0 Å². The molecule has 0 saturated carbocycles. The predicted molar refractivity (Wildman–Crippen MR) is 69.9 cm³/mol. The summed E-state index contributed by atoms with van der Waals surface area (Å²) in [5.41, 5.74) is 0. The first-order valence-corrected chi connectivity index (χ1v) is 7.19. The van der Waals surface area contributed by atoms with Crippen LogP contribution in [0.5, 0.6) is 0 Å². The van der Waals surface area contributed by atoms with Crippen molar-refractivity contribution in [2.24, 2.45) is 0 Å². The molecule has 10 atom stereocenters. The van der Waals surface area contributed by atoms with Crippen LogP contribution in [0.4, 0.5) is 0 Å². The minimum atomic E-state index is -3.24. The van der Waals surface area contributed by atoms with E-state index in [9.17, 15) is 45.6 Å². The maximum absolute atomic E-state index is 12.0. The lowest BCUT2D eigenvalue weighted by atomic mass is 9.97. The van der Waals surface area contributed by atoms with Gasteiger partial charge in [0.2, 0.25) is 0 Å². The van der Waals surface area contributed by atoms with Crippen LogP contribution in [0.3, 0.4) is 0 Å². The Hall–Kier alpha value is -0.970. The molecule has 0 spiro atoms. The quantitative estimate of drug-likeness (QED) is 0.166. The summed E-state index contributed by atoms with van der Waals surface area (Å²) in [5.74, 6) is -4.88. The van der Waals surface area contributed by atoms with Gasteiger partial charge in [-0.15, -0.1) is 0 Å². The van der Waals surface area contributed by atoms with Crippen LogP contribution < -0.4 is 0 Å².